The summed E-state index contributed by atoms with van der Waals surface area (Å²) in [6, 6.07) is 160. The molecule has 6 heteroatoms. The van der Waals surface area contributed by atoms with Gasteiger partial charge >= 0.3 is 0 Å². The second-order valence-corrected chi connectivity index (χ2v) is 34.7. The lowest BCUT2D eigenvalue weighted by atomic mass is 9.95. The number of fused-ring (bicyclic) bond motifs is 15. The number of thiophene rings is 3. The molecule has 3 aromatic heterocycles. The van der Waals surface area contributed by atoms with Crippen LogP contribution in [0.2, 0.25) is 0 Å². The average Bonchev–Trinajstić information content (AvgIpc) is 1.38. The van der Waals surface area contributed by atoms with E-state index in [0.29, 0.717) is 0 Å². The van der Waals surface area contributed by atoms with Crippen molar-refractivity contribution in [2.75, 3.05) is 14.7 Å². The van der Waals surface area contributed by atoms with E-state index in [2.05, 4.69) is 445 Å². The number of nitrogens with zero attached hydrogens (tertiary/aromatic N) is 3. The van der Waals surface area contributed by atoms with E-state index in [-0.39, 0.29) is 0 Å². The standard InChI is InChI=1S/C114H71N3S3/c1-5-20-78-61-93(51-38-72(78)16-1)115(94-52-39-73-17-2-6-21-79(73)62-94)90-49-42-77(43-50-90)100-31-14-34-105-108-69-86(48-59-111(108)120-113(100)105)87-46-57-103-107-68-85(47-58-110(107)118-112(103)70-87)82-25-11-27-91(65-82)117(96-54-41-75-19-4-8-23-81(75)64-96)98-55-44-76-24-13-30-99(106(76)71-98)89-37-36-84-66-97(56-45-83(84)60-89)116(95-53-40-74-18-3-7-22-80(74)63-95)92-28-12-26-88(67-92)101-32-15-33-104-102-29-9-10-35-109(102)119-114(101)104/h1-71H. The van der Waals surface area contributed by atoms with Crippen LogP contribution in [-0.2, 0) is 0 Å². The van der Waals surface area contributed by atoms with Crippen LogP contribution in [0.1, 0.15) is 0 Å². The summed E-state index contributed by atoms with van der Waals surface area (Å²) in [7, 11) is 0. The molecule has 3 heterocycles. The molecular formula is C114H71N3S3. The molecule has 0 unspecified atom stereocenters. The molecule has 0 saturated heterocycles. The lowest BCUT2D eigenvalue weighted by Crippen LogP contribution is -2.10. The van der Waals surface area contributed by atoms with Crippen LogP contribution in [0.15, 0.2) is 431 Å². The lowest BCUT2D eigenvalue weighted by Gasteiger charge is -2.27. The van der Waals surface area contributed by atoms with Crippen LogP contribution in [-0.4, -0.2) is 0 Å². The Morgan fingerprint density at radius 1 is 0.133 bits per heavy atom. The van der Waals surface area contributed by atoms with Crippen LogP contribution in [0.5, 0.6) is 0 Å². The van der Waals surface area contributed by atoms with Crippen molar-refractivity contribution in [2.45, 2.75) is 0 Å². The molecule has 0 fully saturated rings. The Morgan fingerprint density at radius 2 is 0.458 bits per heavy atom. The molecule has 0 atom stereocenters. The van der Waals surface area contributed by atoms with Gasteiger partial charge in [-0.05, 0) is 272 Å². The van der Waals surface area contributed by atoms with E-state index in [9.17, 15) is 0 Å². The molecule has 21 aromatic carbocycles. The minimum atomic E-state index is 1.08. The van der Waals surface area contributed by atoms with Crippen molar-refractivity contribution in [3.05, 3.63) is 431 Å². The molecule has 120 heavy (non-hydrogen) atoms. The van der Waals surface area contributed by atoms with E-state index in [4.69, 9.17) is 0 Å². The zero-order valence-corrected chi connectivity index (χ0v) is 67.5. The highest BCUT2D eigenvalue weighted by Gasteiger charge is 2.23. The number of hydrogen-bond acceptors (Lipinski definition) is 6. The van der Waals surface area contributed by atoms with Gasteiger partial charge in [-0.3, -0.25) is 0 Å². The molecule has 0 aliphatic rings. The Kier molecular flexibility index (Phi) is 16.5. The van der Waals surface area contributed by atoms with E-state index in [1.54, 1.807) is 0 Å². The van der Waals surface area contributed by atoms with Gasteiger partial charge in [-0.2, -0.15) is 0 Å². The van der Waals surface area contributed by atoms with Crippen LogP contribution in [0.4, 0.5) is 51.2 Å². The number of rotatable bonds is 14. The van der Waals surface area contributed by atoms with Gasteiger partial charge in [-0.15, -0.1) is 34.0 Å². The summed E-state index contributed by atoms with van der Waals surface area (Å²) in [5.41, 5.74) is 21.9. The summed E-state index contributed by atoms with van der Waals surface area (Å²) in [5.74, 6) is 0. The van der Waals surface area contributed by atoms with Crippen LogP contribution >= 0.6 is 34.0 Å². The number of benzene rings is 21. The van der Waals surface area contributed by atoms with Crippen LogP contribution in [0.25, 0.3) is 181 Å². The molecule has 0 aliphatic heterocycles. The zero-order chi connectivity index (χ0) is 78.9. The van der Waals surface area contributed by atoms with Crippen LogP contribution < -0.4 is 14.7 Å². The molecule has 0 bridgehead atoms. The van der Waals surface area contributed by atoms with Gasteiger partial charge in [0.15, 0.2) is 0 Å². The van der Waals surface area contributed by atoms with E-state index >= 15 is 0 Å². The Labute approximate surface area is 705 Å². The fraction of sp³-hybridized carbons (Fsp3) is 0. The van der Waals surface area contributed by atoms with Crippen molar-refractivity contribution in [3.63, 3.8) is 0 Å². The first kappa shape index (κ1) is 69.5. The molecule has 24 rings (SSSR count). The van der Waals surface area contributed by atoms with Gasteiger partial charge in [0.1, 0.15) is 0 Å². The van der Waals surface area contributed by atoms with Crippen LogP contribution in [0, 0.1) is 0 Å². The van der Waals surface area contributed by atoms with E-state index < -0.39 is 0 Å². The zero-order valence-electron chi connectivity index (χ0n) is 65.1. The molecule has 560 valence electrons. The van der Waals surface area contributed by atoms with Crippen molar-refractivity contribution < 1.29 is 0 Å². The molecule has 0 radical (unpaired) electrons. The first-order valence-electron chi connectivity index (χ1n) is 41.0. The predicted molar refractivity (Wildman–Crippen MR) is 521 cm³/mol. The van der Waals surface area contributed by atoms with Crippen LogP contribution in [0.3, 0.4) is 0 Å². The second-order valence-electron chi connectivity index (χ2n) is 31.5. The maximum Gasteiger partial charge on any atom is 0.0468 e. The topological polar surface area (TPSA) is 9.72 Å². The third-order valence-corrected chi connectivity index (χ3v) is 28.1. The van der Waals surface area contributed by atoms with Gasteiger partial charge in [-0.25, -0.2) is 0 Å². The van der Waals surface area contributed by atoms with Gasteiger partial charge in [0.25, 0.3) is 0 Å². The molecule has 0 amide bonds. The number of anilines is 9. The van der Waals surface area contributed by atoms with Crippen molar-refractivity contribution >= 4 is 210 Å². The second kappa shape index (κ2) is 28.6. The Morgan fingerprint density at radius 3 is 1.04 bits per heavy atom. The summed E-state index contributed by atoms with van der Waals surface area (Å²) in [6.45, 7) is 0. The summed E-state index contributed by atoms with van der Waals surface area (Å²) < 4.78 is 7.76. The highest BCUT2D eigenvalue weighted by molar-refractivity contribution is 7.27. The fourth-order valence-electron chi connectivity index (χ4n) is 18.5. The molecule has 0 spiro atoms. The first-order chi connectivity index (χ1) is 59.4. The predicted octanol–water partition coefficient (Wildman–Crippen LogP) is 34.5. The largest absolute Gasteiger partial charge is 0.310 e. The van der Waals surface area contributed by atoms with Gasteiger partial charge < -0.3 is 14.7 Å². The summed E-state index contributed by atoms with van der Waals surface area (Å²) in [5, 5.41) is 22.1. The SMILES string of the molecule is c1cc(-c2ccc3sc4cc(-c5ccc6sc7c(-c8ccc(N(c9ccc%10ccccc%10c9)c9ccc%10ccccc%10c9)cc8)cccc7c6c5)ccc4c3c2)cc(N(c2ccc3ccccc3c2)c2ccc3cccc(-c4ccc5cc(N(c6cccc(-c7cccc8c7sc7ccccc78)c6)c6ccc7ccccc7c6)ccc5c4)c3c2)c1. The third-order valence-electron chi connectivity index (χ3n) is 24.5. The molecule has 3 nitrogen and oxygen atoms in total. The van der Waals surface area contributed by atoms with E-state index in [1.165, 1.54) is 175 Å². The molecular weight excluding hydrogens is 1510 g/mol. The highest BCUT2D eigenvalue weighted by atomic mass is 32.1. The Balaban J connectivity index is 0.538. The van der Waals surface area contributed by atoms with Gasteiger partial charge in [0.05, 0.1) is 0 Å². The third kappa shape index (κ3) is 12.1. The molecule has 24 aromatic rings. The lowest BCUT2D eigenvalue weighted by molar-refractivity contribution is 1.29. The van der Waals surface area contributed by atoms with Gasteiger partial charge in [0, 0.05) is 112 Å². The maximum absolute atomic E-state index is 2.44. The monoisotopic (exact) mass is 1580 g/mol. The fourth-order valence-corrected chi connectivity index (χ4v) is 22.1. The highest BCUT2D eigenvalue weighted by Crippen LogP contribution is 2.50. The maximum atomic E-state index is 2.44. The van der Waals surface area contributed by atoms with E-state index in [1.807, 2.05) is 34.0 Å². The number of hydrogen-bond donors (Lipinski definition) is 0. The Bertz CT molecular complexity index is 8210. The molecule has 0 N–H and O–H groups in total. The molecule has 0 saturated carbocycles. The summed E-state index contributed by atoms with van der Waals surface area (Å²) in [6.07, 6.45) is 0. The summed E-state index contributed by atoms with van der Waals surface area (Å²) >= 11 is 5.64. The smallest absolute Gasteiger partial charge is 0.0468 e. The van der Waals surface area contributed by atoms with Crippen molar-refractivity contribution in [3.8, 4) is 55.6 Å². The minimum absolute atomic E-state index is 1.08. The quantitative estimate of drug-likeness (QED) is 0.107. The van der Waals surface area contributed by atoms with Gasteiger partial charge in [0.2, 0.25) is 0 Å². The van der Waals surface area contributed by atoms with E-state index in [0.717, 1.165) is 56.7 Å². The van der Waals surface area contributed by atoms with Crippen molar-refractivity contribution in [1.82, 2.24) is 0 Å². The van der Waals surface area contributed by atoms with Crippen molar-refractivity contribution in [1.29, 1.82) is 0 Å². The minimum Gasteiger partial charge on any atom is -0.310 e. The normalized spacial score (nSPS) is 11.8. The molecule has 0 aliphatic carbocycles. The Hall–Kier alpha value is -14.8. The van der Waals surface area contributed by atoms with Crippen molar-refractivity contribution in [2.24, 2.45) is 0 Å². The first-order valence-corrected chi connectivity index (χ1v) is 43.4. The average molecular weight is 1580 g/mol. The van der Waals surface area contributed by atoms with Gasteiger partial charge in [-0.1, -0.05) is 279 Å². The summed E-state index contributed by atoms with van der Waals surface area (Å²) in [4.78, 5) is 7.25.